The van der Waals surface area contributed by atoms with Crippen LogP contribution >= 0.6 is 0 Å². The normalized spacial score (nSPS) is 14.2. The van der Waals surface area contributed by atoms with E-state index in [9.17, 15) is 4.79 Å². The van der Waals surface area contributed by atoms with E-state index in [4.69, 9.17) is 9.47 Å². The summed E-state index contributed by atoms with van der Waals surface area (Å²) in [6.45, 7) is 7.34. The number of hydrogen-bond acceptors (Lipinski definition) is 4. The number of carbonyl (C=O) groups is 1. The van der Waals surface area contributed by atoms with Gasteiger partial charge in [-0.2, -0.15) is 0 Å². The number of unbranched alkanes of at least 4 members (excludes halogenated alkanes) is 3. The maximum atomic E-state index is 11.4. The van der Waals surface area contributed by atoms with Gasteiger partial charge in [0.05, 0.1) is 19.8 Å². The van der Waals surface area contributed by atoms with Gasteiger partial charge in [0, 0.05) is 0 Å². The van der Waals surface area contributed by atoms with Crippen molar-refractivity contribution in [1.82, 2.24) is 5.32 Å². The van der Waals surface area contributed by atoms with E-state index in [2.05, 4.69) is 19.2 Å². The van der Waals surface area contributed by atoms with Crippen LogP contribution in [0.1, 0.15) is 52.9 Å². The first kappa shape index (κ1) is 17.4. The lowest BCUT2D eigenvalue weighted by Crippen LogP contribution is -2.42. The molecule has 0 saturated carbocycles. The second kappa shape index (κ2) is 11.5. The SMILES string of the molecule is CCCCCCC(C)OCC(NCC)C(=O)OC. The fraction of sp³-hybridized carbons (Fsp3) is 0.929. The van der Waals surface area contributed by atoms with Crippen LogP contribution in [0.5, 0.6) is 0 Å². The topological polar surface area (TPSA) is 47.6 Å². The van der Waals surface area contributed by atoms with Gasteiger partial charge in [-0.05, 0) is 19.9 Å². The van der Waals surface area contributed by atoms with E-state index < -0.39 is 0 Å². The van der Waals surface area contributed by atoms with Crippen molar-refractivity contribution in [3.8, 4) is 0 Å². The molecule has 0 spiro atoms. The highest BCUT2D eigenvalue weighted by Gasteiger charge is 2.18. The maximum absolute atomic E-state index is 11.4. The van der Waals surface area contributed by atoms with Gasteiger partial charge < -0.3 is 14.8 Å². The van der Waals surface area contributed by atoms with Crippen molar-refractivity contribution in [3.63, 3.8) is 0 Å². The molecule has 4 heteroatoms. The Balaban J connectivity index is 3.77. The predicted molar refractivity (Wildman–Crippen MR) is 73.7 cm³/mol. The molecule has 0 aliphatic carbocycles. The van der Waals surface area contributed by atoms with Crippen molar-refractivity contribution >= 4 is 5.97 Å². The van der Waals surface area contributed by atoms with Gasteiger partial charge in [-0.25, -0.2) is 0 Å². The molecule has 0 aromatic carbocycles. The smallest absolute Gasteiger partial charge is 0.325 e. The summed E-state index contributed by atoms with van der Waals surface area (Å²) in [5, 5.41) is 3.07. The third-order valence-electron chi connectivity index (χ3n) is 2.95. The molecule has 108 valence electrons. The van der Waals surface area contributed by atoms with Crippen LogP contribution in [0, 0.1) is 0 Å². The van der Waals surface area contributed by atoms with Gasteiger partial charge in [-0.3, -0.25) is 4.79 Å². The minimum Gasteiger partial charge on any atom is -0.468 e. The van der Waals surface area contributed by atoms with Gasteiger partial charge in [0.2, 0.25) is 0 Å². The number of ether oxygens (including phenoxy) is 2. The van der Waals surface area contributed by atoms with Crippen LogP contribution in [-0.2, 0) is 14.3 Å². The van der Waals surface area contributed by atoms with E-state index in [-0.39, 0.29) is 18.1 Å². The Kier molecular flexibility index (Phi) is 11.1. The molecule has 2 atom stereocenters. The second-order valence-electron chi connectivity index (χ2n) is 4.63. The summed E-state index contributed by atoms with van der Waals surface area (Å²) in [6, 6.07) is -0.349. The number of methoxy groups -OCH3 is 1. The van der Waals surface area contributed by atoms with Crippen molar-refractivity contribution in [2.24, 2.45) is 0 Å². The highest BCUT2D eigenvalue weighted by molar-refractivity contribution is 5.75. The van der Waals surface area contributed by atoms with Gasteiger partial charge in [0.1, 0.15) is 6.04 Å². The minimum absolute atomic E-state index is 0.202. The Hall–Kier alpha value is -0.610. The van der Waals surface area contributed by atoms with Crippen LogP contribution in [0.3, 0.4) is 0 Å². The van der Waals surface area contributed by atoms with Gasteiger partial charge in [0.15, 0.2) is 0 Å². The summed E-state index contributed by atoms with van der Waals surface area (Å²) >= 11 is 0. The summed E-state index contributed by atoms with van der Waals surface area (Å²) in [7, 11) is 1.40. The van der Waals surface area contributed by atoms with Gasteiger partial charge in [-0.15, -0.1) is 0 Å². The zero-order valence-electron chi connectivity index (χ0n) is 12.3. The van der Waals surface area contributed by atoms with Crippen molar-refractivity contribution in [1.29, 1.82) is 0 Å². The lowest BCUT2D eigenvalue weighted by molar-refractivity contribution is -0.145. The number of esters is 1. The van der Waals surface area contributed by atoms with E-state index in [0.717, 1.165) is 13.0 Å². The highest BCUT2D eigenvalue weighted by Crippen LogP contribution is 2.08. The Labute approximate surface area is 111 Å². The molecule has 0 rings (SSSR count). The standard InChI is InChI=1S/C14H29NO3/c1-5-7-8-9-10-12(3)18-11-13(15-6-2)14(16)17-4/h12-13,15H,5-11H2,1-4H3. The Morgan fingerprint density at radius 3 is 2.50 bits per heavy atom. The number of nitrogens with one attached hydrogen (secondary N) is 1. The molecule has 0 aliphatic heterocycles. The number of rotatable bonds is 11. The first-order valence-corrected chi connectivity index (χ1v) is 7.08. The van der Waals surface area contributed by atoms with Crippen molar-refractivity contribution in [2.75, 3.05) is 20.3 Å². The van der Waals surface area contributed by atoms with Crippen LogP contribution < -0.4 is 5.32 Å². The lowest BCUT2D eigenvalue weighted by Gasteiger charge is -2.19. The summed E-state index contributed by atoms with van der Waals surface area (Å²) in [6.07, 6.45) is 6.25. The molecule has 1 N–H and O–H groups in total. The molecule has 2 unspecified atom stereocenters. The molecule has 18 heavy (non-hydrogen) atoms. The molecule has 0 radical (unpaired) electrons. The largest absolute Gasteiger partial charge is 0.468 e. The Bertz CT molecular complexity index is 209. The third kappa shape index (κ3) is 8.48. The molecule has 0 saturated heterocycles. The summed E-state index contributed by atoms with van der Waals surface area (Å²) in [4.78, 5) is 11.4. The van der Waals surface area contributed by atoms with E-state index in [1.54, 1.807) is 0 Å². The molecule has 0 amide bonds. The zero-order valence-corrected chi connectivity index (χ0v) is 12.3. The second-order valence-corrected chi connectivity index (χ2v) is 4.63. The maximum Gasteiger partial charge on any atom is 0.325 e. The lowest BCUT2D eigenvalue weighted by atomic mass is 10.1. The van der Waals surface area contributed by atoms with Crippen LogP contribution in [0.15, 0.2) is 0 Å². The summed E-state index contributed by atoms with van der Waals surface area (Å²) in [5.41, 5.74) is 0. The van der Waals surface area contributed by atoms with E-state index in [1.165, 1.54) is 32.8 Å². The van der Waals surface area contributed by atoms with Crippen LogP contribution in [-0.4, -0.2) is 38.4 Å². The highest BCUT2D eigenvalue weighted by atomic mass is 16.5. The molecule has 0 bridgehead atoms. The first-order chi connectivity index (χ1) is 8.65. The number of likely N-dealkylation sites (N-methyl/N-ethyl adjacent to an activating group) is 1. The molecule has 0 aromatic rings. The Morgan fingerprint density at radius 1 is 1.22 bits per heavy atom. The fourth-order valence-electron chi connectivity index (χ4n) is 1.80. The molecule has 4 nitrogen and oxygen atoms in total. The van der Waals surface area contributed by atoms with E-state index >= 15 is 0 Å². The van der Waals surface area contributed by atoms with Crippen molar-refractivity contribution in [2.45, 2.75) is 65.0 Å². The van der Waals surface area contributed by atoms with Crippen LogP contribution in [0.4, 0.5) is 0 Å². The van der Waals surface area contributed by atoms with Gasteiger partial charge >= 0.3 is 5.97 Å². The number of carbonyl (C=O) groups excluding carboxylic acids is 1. The minimum atomic E-state index is -0.349. The molecular formula is C14H29NO3. The van der Waals surface area contributed by atoms with Gasteiger partial charge in [0.25, 0.3) is 0 Å². The molecule has 0 fully saturated rings. The van der Waals surface area contributed by atoms with Gasteiger partial charge in [-0.1, -0.05) is 39.5 Å². The van der Waals surface area contributed by atoms with Crippen molar-refractivity contribution < 1.29 is 14.3 Å². The van der Waals surface area contributed by atoms with Crippen LogP contribution in [0.25, 0.3) is 0 Å². The molecular weight excluding hydrogens is 230 g/mol. The molecule has 0 aliphatic rings. The monoisotopic (exact) mass is 259 g/mol. The average molecular weight is 259 g/mol. The van der Waals surface area contributed by atoms with Crippen molar-refractivity contribution in [3.05, 3.63) is 0 Å². The van der Waals surface area contributed by atoms with E-state index in [0.29, 0.717) is 6.61 Å². The third-order valence-corrected chi connectivity index (χ3v) is 2.95. The molecule has 0 heterocycles. The Morgan fingerprint density at radius 2 is 1.94 bits per heavy atom. The summed E-state index contributed by atoms with van der Waals surface area (Å²) in [5.74, 6) is -0.255. The fourth-order valence-corrected chi connectivity index (χ4v) is 1.80. The summed E-state index contributed by atoms with van der Waals surface area (Å²) < 4.78 is 10.4. The number of hydrogen-bond donors (Lipinski definition) is 1. The first-order valence-electron chi connectivity index (χ1n) is 7.08. The quantitative estimate of drug-likeness (QED) is 0.457. The van der Waals surface area contributed by atoms with Crippen LogP contribution in [0.2, 0.25) is 0 Å². The zero-order chi connectivity index (χ0) is 13.8. The molecule has 0 aromatic heterocycles. The average Bonchev–Trinajstić information content (AvgIpc) is 2.38. The van der Waals surface area contributed by atoms with E-state index in [1.807, 2.05) is 6.92 Å². The predicted octanol–water partition coefficient (Wildman–Crippen LogP) is 2.51.